The highest BCUT2D eigenvalue weighted by Gasteiger charge is 2.14. The lowest BCUT2D eigenvalue weighted by molar-refractivity contribution is 0.0951. The maximum atomic E-state index is 12.3. The van der Waals surface area contributed by atoms with Gasteiger partial charge >= 0.3 is 0 Å². The van der Waals surface area contributed by atoms with Crippen molar-refractivity contribution in [3.63, 3.8) is 0 Å². The van der Waals surface area contributed by atoms with Crippen molar-refractivity contribution in [3.05, 3.63) is 53.7 Å². The van der Waals surface area contributed by atoms with Gasteiger partial charge in [-0.25, -0.2) is 5.43 Å². The number of amides is 1. The number of hydrazone groups is 1. The van der Waals surface area contributed by atoms with Crippen LogP contribution in [0.2, 0.25) is 0 Å². The van der Waals surface area contributed by atoms with Crippen LogP contribution in [0.25, 0.3) is 10.9 Å². The average Bonchev–Trinajstić information content (AvgIpc) is 3.12. The molecular weight excluding hydrogens is 334 g/mol. The molecule has 2 N–H and O–H groups in total. The summed E-state index contributed by atoms with van der Waals surface area (Å²) in [5.41, 5.74) is 4.48. The summed E-state index contributed by atoms with van der Waals surface area (Å²) in [5, 5.41) is 4.74. The topological polar surface area (TPSA) is 84.9 Å². The van der Waals surface area contributed by atoms with Gasteiger partial charge in [0.2, 0.25) is 0 Å². The number of ether oxygens (including phenoxy) is 3. The summed E-state index contributed by atoms with van der Waals surface area (Å²) in [6.07, 6.45) is 1.56. The van der Waals surface area contributed by atoms with Crippen molar-refractivity contribution in [2.45, 2.75) is 0 Å². The monoisotopic (exact) mass is 353 g/mol. The number of H-pyrrole nitrogens is 1. The molecule has 0 unspecified atom stereocenters. The number of nitrogens with one attached hydrogen (secondary N) is 2. The molecule has 3 aromatic rings. The first-order valence-electron chi connectivity index (χ1n) is 7.87. The normalized spacial score (nSPS) is 10.9. The van der Waals surface area contributed by atoms with Crippen LogP contribution in [0.15, 0.2) is 47.6 Å². The van der Waals surface area contributed by atoms with E-state index < -0.39 is 0 Å². The van der Waals surface area contributed by atoms with Crippen molar-refractivity contribution < 1.29 is 19.0 Å². The lowest BCUT2D eigenvalue weighted by atomic mass is 10.2. The van der Waals surface area contributed by atoms with E-state index in [0.29, 0.717) is 17.2 Å². The lowest BCUT2D eigenvalue weighted by Crippen LogP contribution is -2.17. The Bertz CT molecular complexity index is 945. The Morgan fingerprint density at radius 1 is 1.04 bits per heavy atom. The number of carbonyl (C=O) groups is 1. The molecule has 0 saturated heterocycles. The van der Waals surface area contributed by atoms with Crippen LogP contribution in [0.5, 0.6) is 17.2 Å². The Morgan fingerprint density at radius 3 is 2.46 bits per heavy atom. The summed E-state index contributed by atoms with van der Waals surface area (Å²) in [4.78, 5) is 15.4. The Morgan fingerprint density at radius 2 is 1.81 bits per heavy atom. The minimum atomic E-state index is -0.355. The number of benzene rings is 2. The van der Waals surface area contributed by atoms with E-state index in [1.807, 2.05) is 30.3 Å². The fourth-order valence-electron chi connectivity index (χ4n) is 2.57. The third-order valence-electron chi connectivity index (χ3n) is 3.88. The van der Waals surface area contributed by atoms with Crippen molar-refractivity contribution >= 4 is 23.0 Å². The van der Waals surface area contributed by atoms with Crippen LogP contribution in [0.4, 0.5) is 0 Å². The molecule has 26 heavy (non-hydrogen) atoms. The highest BCUT2D eigenvalue weighted by atomic mass is 16.5. The molecule has 0 spiro atoms. The second-order valence-corrected chi connectivity index (χ2v) is 5.42. The maximum Gasteiger partial charge on any atom is 0.287 e. The number of nitrogens with zero attached hydrogens (tertiary/aromatic N) is 1. The van der Waals surface area contributed by atoms with Crippen LogP contribution in [-0.2, 0) is 0 Å². The second-order valence-electron chi connectivity index (χ2n) is 5.42. The molecule has 1 amide bonds. The fraction of sp³-hybridized carbons (Fsp3) is 0.158. The summed E-state index contributed by atoms with van der Waals surface area (Å²) in [6.45, 7) is 0. The number of aromatic amines is 1. The van der Waals surface area contributed by atoms with E-state index in [9.17, 15) is 4.79 Å². The zero-order valence-corrected chi connectivity index (χ0v) is 14.7. The first kappa shape index (κ1) is 17.3. The van der Waals surface area contributed by atoms with E-state index >= 15 is 0 Å². The summed E-state index contributed by atoms with van der Waals surface area (Å²) in [7, 11) is 4.73. The van der Waals surface area contributed by atoms with Gasteiger partial charge in [0.25, 0.3) is 5.91 Å². The zero-order valence-electron chi connectivity index (χ0n) is 14.7. The number of aromatic nitrogens is 1. The lowest BCUT2D eigenvalue weighted by Gasteiger charge is -2.07. The molecule has 0 aliphatic carbocycles. The Labute approximate surface area is 150 Å². The molecule has 1 aromatic heterocycles. The maximum absolute atomic E-state index is 12.3. The quantitative estimate of drug-likeness (QED) is 0.527. The predicted octanol–water partition coefficient (Wildman–Crippen LogP) is 2.96. The van der Waals surface area contributed by atoms with Crippen LogP contribution in [-0.4, -0.2) is 38.4 Å². The molecule has 1 heterocycles. The summed E-state index contributed by atoms with van der Waals surface area (Å²) in [5.74, 6) is 1.58. The number of methoxy groups -OCH3 is 3. The minimum absolute atomic E-state index is 0.355. The third kappa shape index (κ3) is 3.46. The molecular formula is C19H19N3O4. The number of carbonyl (C=O) groups excluding carboxylic acids is 1. The van der Waals surface area contributed by atoms with Crippen molar-refractivity contribution in [2.24, 2.45) is 5.10 Å². The van der Waals surface area contributed by atoms with E-state index in [1.54, 1.807) is 39.7 Å². The van der Waals surface area contributed by atoms with Crippen LogP contribution in [0, 0.1) is 0 Å². The molecule has 2 aromatic carbocycles. The van der Waals surface area contributed by atoms with Crippen LogP contribution < -0.4 is 19.6 Å². The molecule has 7 nitrogen and oxygen atoms in total. The largest absolute Gasteiger partial charge is 0.497 e. The SMILES string of the molecule is COc1ccc(C=NNC(=O)c2cc3c(OC)c(OC)ccc3[nH]2)cc1. The van der Waals surface area contributed by atoms with E-state index in [4.69, 9.17) is 14.2 Å². The van der Waals surface area contributed by atoms with Gasteiger partial charge in [-0.05, 0) is 48.0 Å². The highest BCUT2D eigenvalue weighted by molar-refractivity contribution is 6.00. The molecule has 134 valence electrons. The zero-order chi connectivity index (χ0) is 18.5. The van der Waals surface area contributed by atoms with Gasteiger partial charge in [0.05, 0.1) is 33.1 Å². The van der Waals surface area contributed by atoms with Crippen LogP contribution >= 0.6 is 0 Å². The Kier molecular flexibility index (Phi) is 5.07. The van der Waals surface area contributed by atoms with Gasteiger partial charge in [-0.1, -0.05) is 0 Å². The summed E-state index contributed by atoms with van der Waals surface area (Å²) < 4.78 is 15.8. The molecule has 0 atom stereocenters. The van der Waals surface area contributed by atoms with Gasteiger partial charge in [0.15, 0.2) is 11.5 Å². The first-order chi connectivity index (χ1) is 12.7. The van der Waals surface area contributed by atoms with Gasteiger partial charge in [-0.2, -0.15) is 5.10 Å². The van der Waals surface area contributed by atoms with E-state index in [1.165, 1.54) is 0 Å². The Balaban J connectivity index is 1.76. The molecule has 0 fully saturated rings. The number of fused-ring (bicyclic) bond motifs is 1. The van der Waals surface area contributed by atoms with Crippen molar-refractivity contribution in [1.82, 2.24) is 10.4 Å². The molecule has 3 rings (SSSR count). The van der Waals surface area contributed by atoms with E-state index in [2.05, 4.69) is 15.5 Å². The van der Waals surface area contributed by atoms with E-state index in [0.717, 1.165) is 22.2 Å². The first-order valence-corrected chi connectivity index (χ1v) is 7.87. The van der Waals surface area contributed by atoms with Gasteiger partial charge in [-0.3, -0.25) is 4.79 Å². The van der Waals surface area contributed by atoms with Crippen LogP contribution in [0.1, 0.15) is 16.1 Å². The molecule has 0 aliphatic rings. The van der Waals surface area contributed by atoms with Gasteiger partial charge in [0, 0.05) is 5.39 Å². The van der Waals surface area contributed by atoms with E-state index in [-0.39, 0.29) is 5.91 Å². The number of hydrogen-bond acceptors (Lipinski definition) is 5. The van der Waals surface area contributed by atoms with Gasteiger partial charge in [-0.15, -0.1) is 0 Å². The van der Waals surface area contributed by atoms with Crippen LogP contribution in [0.3, 0.4) is 0 Å². The number of hydrogen-bond donors (Lipinski definition) is 2. The highest BCUT2D eigenvalue weighted by Crippen LogP contribution is 2.35. The third-order valence-corrected chi connectivity index (χ3v) is 3.88. The molecule has 0 aliphatic heterocycles. The molecule has 7 heteroatoms. The summed E-state index contributed by atoms with van der Waals surface area (Å²) in [6, 6.07) is 12.6. The molecule has 0 bridgehead atoms. The van der Waals surface area contributed by atoms with Gasteiger partial charge < -0.3 is 19.2 Å². The minimum Gasteiger partial charge on any atom is -0.497 e. The second kappa shape index (κ2) is 7.60. The van der Waals surface area contributed by atoms with Crippen molar-refractivity contribution in [2.75, 3.05) is 21.3 Å². The average molecular weight is 353 g/mol. The standard InChI is InChI=1S/C19H19N3O4/c1-24-13-6-4-12(5-7-13)11-20-22-19(23)16-10-14-15(21-16)8-9-17(25-2)18(14)26-3/h4-11,21H,1-3H3,(H,22,23). The smallest absolute Gasteiger partial charge is 0.287 e. The fourth-order valence-corrected chi connectivity index (χ4v) is 2.57. The number of rotatable bonds is 6. The summed E-state index contributed by atoms with van der Waals surface area (Å²) >= 11 is 0. The molecule has 0 saturated carbocycles. The van der Waals surface area contributed by atoms with Crippen molar-refractivity contribution in [3.8, 4) is 17.2 Å². The molecule has 0 radical (unpaired) electrons. The predicted molar refractivity (Wildman–Crippen MR) is 99.5 cm³/mol. The Hall–Kier alpha value is -3.48. The van der Waals surface area contributed by atoms with Crippen molar-refractivity contribution in [1.29, 1.82) is 0 Å². The van der Waals surface area contributed by atoms with Gasteiger partial charge in [0.1, 0.15) is 11.4 Å².